The largest absolute Gasteiger partial charge is 0.338 e. The van der Waals surface area contributed by atoms with E-state index in [1.807, 2.05) is 11.6 Å². The van der Waals surface area contributed by atoms with E-state index in [2.05, 4.69) is 36.2 Å². The molecule has 5 nitrogen and oxygen atoms in total. The van der Waals surface area contributed by atoms with Crippen molar-refractivity contribution in [1.29, 1.82) is 0 Å². The summed E-state index contributed by atoms with van der Waals surface area (Å²) >= 11 is 0. The fraction of sp³-hybridized carbons (Fsp3) is 0.643. The first-order valence-electron chi connectivity index (χ1n) is 6.87. The number of allylic oxidation sites excluding steroid dienone is 2. The van der Waals surface area contributed by atoms with E-state index in [1.165, 1.54) is 0 Å². The summed E-state index contributed by atoms with van der Waals surface area (Å²) in [5.41, 5.74) is 0. The molecule has 0 radical (unpaired) electrons. The molecule has 1 aromatic heterocycles. The third-order valence-electron chi connectivity index (χ3n) is 3.56. The lowest BCUT2D eigenvalue weighted by Gasteiger charge is -2.19. The molecule has 0 aromatic carbocycles. The van der Waals surface area contributed by atoms with Crippen LogP contribution in [0, 0.1) is 5.92 Å². The van der Waals surface area contributed by atoms with Gasteiger partial charge in [-0.25, -0.2) is 0 Å². The first kappa shape index (κ1) is 13.8. The molecule has 1 heterocycles. The van der Waals surface area contributed by atoms with Gasteiger partial charge in [-0.15, -0.1) is 10.2 Å². The summed E-state index contributed by atoms with van der Waals surface area (Å²) in [6.07, 6.45) is 8.83. The maximum atomic E-state index is 12.1. The van der Waals surface area contributed by atoms with Gasteiger partial charge >= 0.3 is 0 Å². The van der Waals surface area contributed by atoms with Crippen molar-refractivity contribution in [3.8, 4) is 0 Å². The number of carbonyl (C=O) groups excluding carboxylic acids is 1. The second kappa shape index (κ2) is 5.99. The van der Waals surface area contributed by atoms with Crippen molar-refractivity contribution in [3.63, 3.8) is 0 Å². The van der Waals surface area contributed by atoms with Crippen molar-refractivity contribution < 1.29 is 4.79 Å². The van der Waals surface area contributed by atoms with E-state index in [4.69, 9.17) is 0 Å². The average Bonchev–Trinajstić information content (AvgIpc) is 2.99. The highest BCUT2D eigenvalue weighted by Gasteiger charge is 2.18. The minimum Gasteiger partial charge on any atom is -0.338 e. The Kier molecular flexibility index (Phi) is 4.35. The summed E-state index contributed by atoms with van der Waals surface area (Å²) in [6, 6.07) is 0.311. The monoisotopic (exact) mass is 262 g/mol. The van der Waals surface area contributed by atoms with E-state index in [1.54, 1.807) is 11.2 Å². The Morgan fingerprint density at radius 3 is 3.00 bits per heavy atom. The molecule has 5 heteroatoms. The van der Waals surface area contributed by atoms with Crippen LogP contribution in [0.2, 0.25) is 0 Å². The standard InChI is InChI=1S/C14H22N4O/c1-11(2)18-10-15-16-13(18)9-17(3)14(19)8-12-6-4-5-7-12/h4,6,10-12H,5,7-9H2,1-3H3. The summed E-state index contributed by atoms with van der Waals surface area (Å²) in [7, 11) is 1.83. The number of nitrogens with zero attached hydrogens (tertiary/aromatic N) is 4. The van der Waals surface area contributed by atoms with Crippen molar-refractivity contribution in [2.24, 2.45) is 5.92 Å². The van der Waals surface area contributed by atoms with E-state index in [0.29, 0.717) is 24.9 Å². The van der Waals surface area contributed by atoms with E-state index in [0.717, 1.165) is 18.7 Å². The fourth-order valence-electron chi connectivity index (χ4n) is 2.36. The van der Waals surface area contributed by atoms with Crippen LogP contribution in [0.4, 0.5) is 0 Å². The first-order chi connectivity index (χ1) is 9.08. The molecule has 0 bridgehead atoms. The number of hydrogen-bond donors (Lipinski definition) is 0. The molecule has 1 aliphatic carbocycles. The maximum Gasteiger partial charge on any atom is 0.223 e. The van der Waals surface area contributed by atoms with E-state index in [9.17, 15) is 4.79 Å². The van der Waals surface area contributed by atoms with Gasteiger partial charge in [0.25, 0.3) is 0 Å². The molecule has 0 fully saturated rings. The minimum absolute atomic E-state index is 0.176. The van der Waals surface area contributed by atoms with Gasteiger partial charge in [0.15, 0.2) is 5.82 Å². The van der Waals surface area contributed by atoms with Crippen LogP contribution in [0.15, 0.2) is 18.5 Å². The van der Waals surface area contributed by atoms with Crippen LogP contribution in [0.5, 0.6) is 0 Å². The Bertz CT molecular complexity index is 464. The first-order valence-corrected chi connectivity index (χ1v) is 6.87. The van der Waals surface area contributed by atoms with Gasteiger partial charge in [-0.1, -0.05) is 12.2 Å². The van der Waals surface area contributed by atoms with Crippen LogP contribution in [0.25, 0.3) is 0 Å². The number of aromatic nitrogens is 3. The third kappa shape index (κ3) is 3.43. The molecule has 1 amide bonds. The second-order valence-electron chi connectivity index (χ2n) is 5.47. The van der Waals surface area contributed by atoms with Gasteiger partial charge < -0.3 is 9.47 Å². The molecule has 0 N–H and O–H groups in total. The number of carbonyl (C=O) groups is 1. The Balaban J connectivity index is 1.92. The second-order valence-corrected chi connectivity index (χ2v) is 5.47. The van der Waals surface area contributed by atoms with Gasteiger partial charge in [0.05, 0.1) is 6.54 Å². The lowest BCUT2D eigenvalue weighted by Crippen LogP contribution is -2.29. The fourth-order valence-corrected chi connectivity index (χ4v) is 2.36. The van der Waals surface area contributed by atoms with Gasteiger partial charge in [-0.3, -0.25) is 4.79 Å². The topological polar surface area (TPSA) is 51.0 Å². The summed E-state index contributed by atoms with van der Waals surface area (Å²) in [5.74, 6) is 1.43. The van der Waals surface area contributed by atoms with Crippen molar-refractivity contribution in [1.82, 2.24) is 19.7 Å². The Morgan fingerprint density at radius 1 is 1.58 bits per heavy atom. The van der Waals surface area contributed by atoms with E-state index >= 15 is 0 Å². The highest BCUT2D eigenvalue weighted by atomic mass is 16.2. The van der Waals surface area contributed by atoms with Crippen LogP contribution in [-0.4, -0.2) is 32.6 Å². The summed E-state index contributed by atoms with van der Waals surface area (Å²) in [6.45, 7) is 4.68. The van der Waals surface area contributed by atoms with Crippen molar-refractivity contribution >= 4 is 5.91 Å². The van der Waals surface area contributed by atoms with Crippen molar-refractivity contribution in [3.05, 3.63) is 24.3 Å². The molecule has 1 aromatic rings. The summed E-state index contributed by atoms with van der Waals surface area (Å²) in [5, 5.41) is 8.02. The zero-order chi connectivity index (χ0) is 13.8. The number of amides is 1. The Morgan fingerprint density at radius 2 is 2.37 bits per heavy atom. The lowest BCUT2D eigenvalue weighted by atomic mass is 10.0. The maximum absolute atomic E-state index is 12.1. The smallest absolute Gasteiger partial charge is 0.223 e. The Hall–Kier alpha value is -1.65. The molecule has 104 valence electrons. The number of hydrogen-bond acceptors (Lipinski definition) is 3. The number of rotatable bonds is 5. The molecule has 1 unspecified atom stereocenters. The van der Waals surface area contributed by atoms with Gasteiger partial charge in [0.2, 0.25) is 5.91 Å². The molecule has 0 aliphatic heterocycles. The van der Waals surface area contributed by atoms with Crippen molar-refractivity contribution in [2.45, 2.75) is 45.7 Å². The lowest BCUT2D eigenvalue weighted by molar-refractivity contribution is -0.131. The van der Waals surface area contributed by atoms with Crippen LogP contribution in [-0.2, 0) is 11.3 Å². The van der Waals surface area contributed by atoms with E-state index in [-0.39, 0.29) is 5.91 Å². The SMILES string of the molecule is CC(C)n1cnnc1CN(C)C(=O)CC1C=CCC1. The highest BCUT2D eigenvalue weighted by molar-refractivity contribution is 5.76. The zero-order valence-electron chi connectivity index (χ0n) is 11.9. The van der Waals surface area contributed by atoms with Crippen molar-refractivity contribution in [2.75, 3.05) is 7.05 Å². The molecule has 2 rings (SSSR count). The minimum atomic E-state index is 0.176. The predicted molar refractivity (Wildman–Crippen MR) is 73.4 cm³/mol. The van der Waals surface area contributed by atoms with Crippen LogP contribution in [0.3, 0.4) is 0 Å². The molecule has 0 saturated heterocycles. The van der Waals surface area contributed by atoms with Gasteiger partial charge in [-0.2, -0.15) is 0 Å². The van der Waals surface area contributed by atoms with E-state index < -0.39 is 0 Å². The average molecular weight is 262 g/mol. The molecule has 1 aliphatic rings. The molecule has 0 saturated carbocycles. The summed E-state index contributed by atoms with van der Waals surface area (Å²) in [4.78, 5) is 13.9. The highest BCUT2D eigenvalue weighted by Crippen LogP contribution is 2.21. The van der Waals surface area contributed by atoms with Gasteiger partial charge in [0, 0.05) is 19.5 Å². The van der Waals surface area contributed by atoms with Crippen LogP contribution < -0.4 is 0 Å². The predicted octanol–water partition coefficient (Wildman–Crippen LogP) is 2.17. The molecular weight excluding hydrogens is 240 g/mol. The summed E-state index contributed by atoms with van der Waals surface area (Å²) < 4.78 is 2.00. The van der Waals surface area contributed by atoms with Gasteiger partial charge in [0.1, 0.15) is 6.33 Å². The van der Waals surface area contributed by atoms with Crippen LogP contribution in [0.1, 0.15) is 45.0 Å². The Labute approximate surface area is 114 Å². The molecule has 1 atom stereocenters. The van der Waals surface area contributed by atoms with Crippen LogP contribution >= 0.6 is 0 Å². The molecular formula is C14H22N4O. The zero-order valence-corrected chi connectivity index (χ0v) is 11.9. The quantitative estimate of drug-likeness (QED) is 0.764. The van der Waals surface area contributed by atoms with Gasteiger partial charge in [-0.05, 0) is 32.6 Å². The third-order valence-corrected chi connectivity index (χ3v) is 3.56. The molecule has 0 spiro atoms. The normalized spacial score (nSPS) is 18.2. The molecule has 19 heavy (non-hydrogen) atoms.